The van der Waals surface area contributed by atoms with Gasteiger partial charge in [0.1, 0.15) is 35.7 Å². The van der Waals surface area contributed by atoms with Gasteiger partial charge in [0.2, 0.25) is 0 Å². The lowest BCUT2D eigenvalue weighted by molar-refractivity contribution is 0.120. The first-order valence-electron chi connectivity index (χ1n) is 12.6. The third kappa shape index (κ3) is 5.34. The molecule has 2 heterocycles. The summed E-state index contributed by atoms with van der Waals surface area (Å²) in [5, 5.41) is 19.8. The van der Waals surface area contributed by atoms with Crippen LogP contribution in [0.5, 0.6) is 17.2 Å². The Labute approximate surface area is 212 Å². The van der Waals surface area contributed by atoms with Crippen molar-refractivity contribution in [1.82, 2.24) is 4.90 Å². The van der Waals surface area contributed by atoms with Gasteiger partial charge in [-0.05, 0) is 73.2 Å². The maximum absolute atomic E-state index is 9.97. The van der Waals surface area contributed by atoms with Gasteiger partial charge in [-0.25, -0.2) is 0 Å². The van der Waals surface area contributed by atoms with Crippen LogP contribution in [0.15, 0.2) is 71.3 Å². The lowest BCUT2D eigenvalue weighted by Crippen LogP contribution is -2.35. The minimum absolute atomic E-state index is 0.0367. The Bertz CT molecular complexity index is 1090. The van der Waals surface area contributed by atoms with E-state index >= 15 is 0 Å². The van der Waals surface area contributed by atoms with E-state index in [2.05, 4.69) is 43.9 Å². The predicted octanol–water partition coefficient (Wildman–Crippen LogP) is 6.15. The van der Waals surface area contributed by atoms with Crippen molar-refractivity contribution in [2.45, 2.75) is 49.5 Å². The molecule has 2 aromatic rings. The molecule has 5 nitrogen and oxygen atoms in total. The SMILES string of the molecule is C[C@@H]1CN([C@@H](C)COC2=CCC([C@@H]3Oc4ccc(O)cc4S[C@@H]3c3ccc(O)cc3)C=C2)C[C@@H]1C. The van der Waals surface area contributed by atoms with Crippen LogP contribution in [0, 0.1) is 17.8 Å². The third-order valence-electron chi connectivity index (χ3n) is 7.62. The molecule has 1 fully saturated rings. The van der Waals surface area contributed by atoms with Gasteiger partial charge < -0.3 is 19.7 Å². The molecule has 6 heteroatoms. The standard InChI is InChI=1S/C29H35NO4S/c1-18-15-30(16-19(18)2)20(3)17-33-25-11-6-21(7-12-25)28-29(22-4-8-23(31)9-5-22)35-27-14-24(32)10-13-26(27)34-28/h4-6,8-14,18-21,28-29,31-32H,7,15-17H2,1-3H3/t18-,19+,20-,21?,28-,29+/m0/s1. The van der Waals surface area contributed by atoms with E-state index in [1.165, 1.54) is 0 Å². The van der Waals surface area contributed by atoms with Gasteiger partial charge in [-0.15, -0.1) is 11.8 Å². The molecule has 6 atom stereocenters. The topological polar surface area (TPSA) is 62.2 Å². The van der Waals surface area contributed by atoms with E-state index < -0.39 is 0 Å². The summed E-state index contributed by atoms with van der Waals surface area (Å²) in [7, 11) is 0. The summed E-state index contributed by atoms with van der Waals surface area (Å²) in [5.41, 5.74) is 1.09. The van der Waals surface area contributed by atoms with Gasteiger partial charge in [-0.2, -0.15) is 0 Å². The van der Waals surface area contributed by atoms with Crippen LogP contribution in [0.2, 0.25) is 0 Å². The largest absolute Gasteiger partial charge is 0.508 e. The number of nitrogens with zero attached hydrogens (tertiary/aromatic N) is 1. The number of thioether (sulfide) groups is 1. The lowest BCUT2D eigenvalue weighted by Gasteiger charge is -2.37. The lowest BCUT2D eigenvalue weighted by atomic mass is 9.89. The summed E-state index contributed by atoms with van der Waals surface area (Å²) in [6.45, 7) is 9.93. The van der Waals surface area contributed by atoms with Crippen molar-refractivity contribution in [2.75, 3.05) is 19.7 Å². The van der Waals surface area contributed by atoms with Crippen molar-refractivity contribution in [3.05, 3.63) is 72.0 Å². The normalized spacial score (nSPS) is 29.2. The molecule has 3 aliphatic rings. The molecule has 2 aliphatic heterocycles. The molecule has 0 saturated carbocycles. The summed E-state index contributed by atoms with van der Waals surface area (Å²) < 4.78 is 12.7. The Balaban J connectivity index is 1.26. The molecule has 1 unspecified atom stereocenters. The van der Waals surface area contributed by atoms with E-state index in [9.17, 15) is 10.2 Å². The summed E-state index contributed by atoms with van der Waals surface area (Å²) >= 11 is 1.70. The van der Waals surface area contributed by atoms with Crippen LogP contribution in [0.4, 0.5) is 0 Å². The summed E-state index contributed by atoms with van der Waals surface area (Å²) in [4.78, 5) is 3.47. The molecular formula is C29H35NO4S. The zero-order valence-corrected chi connectivity index (χ0v) is 21.4. The highest BCUT2D eigenvalue weighted by Gasteiger charge is 2.37. The smallest absolute Gasteiger partial charge is 0.133 e. The highest BCUT2D eigenvalue weighted by atomic mass is 32.2. The maximum atomic E-state index is 9.97. The molecular weight excluding hydrogens is 458 g/mol. The van der Waals surface area contributed by atoms with Crippen LogP contribution >= 0.6 is 11.8 Å². The third-order valence-corrected chi connectivity index (χ3v) is 8.98. The van der Waals surface area contributed by atoms with E-state index in [1.807, 2.05) is 18.2 Å². The van der Waals surface area contributed by atoms with E-state index in [0.717, 1.165) is 53.3 Å². The number of hydrogen-bond donors (Lipinski definition) is 2. The van der Waals surface area contributed by atoms with Gasteiger partial charge in [-0.1, -0.05) is 32.1 Å². The van der Waals surface area contributed by atoms with Crippen LogP contribution in [0.25, 0.3) is 0 Å². The van der Waals surface area contributed by atoms with Gasteiger partial charge in [-0.3, -0.25) is 4.90 Å². The van der Waals surface area contributed by atoms with Gasteiger partial charge in [0.25, 0.3) is 0 Å². The fourth-order valence-electron chi connectivity index (χ4n) is 5.16. The molecule has 35 heavy (non-hydrogen) atoms. The molecule has 0 spiro atoms. The number of fused-ring (bicyclic) bond motifs is 1. The maximum Gasteiger partial charge on any atom is 0.133 e. The number of allylic oxidation sites excluding steroid dienone is 2. The van der Waals surface area contributed by atoms with Crippen molar-refractivity contribution in [3.63, 3.8) is 0 Å². The molecule has 5 rings (SSSR count). The van der Waals surface area contributed by atoms with E-state index in [0.29, 0.717) is 12.6 Å². The first kappa shape index (κ1) is 24.1. The van der Waals surface area contributed by atoms with Crippen molar-refractivity contribution < 1.29 is 19.7 Å². The highest BCUT2D eigenvalue weighted by Crippen LogP contribution is 2.51. The monoisotopic (exact) mass is 493 g/mol. The minimum Gasteiger partial charge on any atom is -0.508 e. The second kappa shape index (κ2) is 10.2. The quantitative estimate of drug-likeness (QED) is 0.504. The molecule has 0 aromatic heterocycles. The first-order chi connectivity index (χ1) is 16.9. The highest BCUT2D eigenvalue weighted by molar-refractivity contribution is 7.99. The molecule has 2 N–H and O–H groups in total. The number of phenolic OH excluding ortho intramolecular Hbond substituents is 2. The summed E-state index contributed by atoms with van der Waals surface area (Å²) in [5.74, 6) is 3.90. The van der Waals surface area contributed by atoms with Crippen LogP contribution < -0.4 is 4.74 Å². The average molecular weight is 494 g/mol. The Hall–Kier alpha value is -2.57. The van der Waals surface area contributed by atoms with Crippen LogP contribution in [0.1, 0.15) is 38.0 Å². The Morgan fingerprint density at radius 2 is 1.77 bits per heavy atom. The van der Waals surface area contributed by atoms with E-state index in [-0.39, 0.29) is 28.8 Å². The Kier molecular flexibility index (Phi) is 7.03. The summed E-state index contributed by atoms with van der Waals surface area (Å²) in [6.07, 6.45) is 7.24. The Morgan fingerprint density at radius 1 is 1.06 bits per heavy atom. The summed E-state index contributed by atoms with van der Waals surface area (Å²) in [6, 6.07) is 13.0. The number of ether oxygens (including phenoxy) is 2. The molecule has 1 saturated heterocycles. The molecule has 0 radical (unpaired) electrons. The van der Waals surface area contributed by atoms with Gasteiger partial charge >= 0.3 is 0 Å². The fraction of sp³-hybridized carbons (Fsp3) is 0.448. The molecule has 0 amide bonds. The first-order valence-corrected chi connectivity index (χ1v) is 13.5. The van der Waals surface area contributed by atoms with Crippen molar-refractivity contribution in [1.29, 1.82) is 0 Å². The number of aromatic hydroxyl groups is 2. The number of phenols is 2. The van der Waals surface area contributed by atoms with Crippen LogP contribution in [0.3, 0.4) is 0 Å². The second-order valence-corrected chi connectivity index (χ2v) is 11.5. The van der Waals surface area contributed by atoms with Crippen molar-refractivity contribution in [2.24, 2.45) is 17.8 Å². The van der Waals surface area contributed by atoms with Crippen LogP contribution in [-0.2, 0) is 4.74 Å². The Morgan fingerprint density at radius 3 is 2.46 bits per heavy atom. The van der Waals surface area contributed by atoms with Crippen molar-refractivity contribution in [3.8, 4) is 17.2 Å². The fourth-order valence-corrected chi connectivity index (χ4v) is 6.54. The number of benzene rings is 2. The average Bonchev–Trinajstić information content (AvgIpc) is 3.20. The number of likely N-dealkylation sites (tertiary alicyclic amines) is 1. The zero-order valence-electron chi connectivity index (χ0n) is 20.6. The number of rotatable bonds is 6. The van der Waals surface area contributed by atoms with Crippen LogP contribution in [-0.4, -0.2) is 47.0 Å². The van der Waals surface area contributed by atoms with Gasteiger partial charge in [0.05, 0.1) is 10.1 Å². The van der Waals surface area contributed by atoms with E-state index in [1.54, 1.807) is 36.0 Å². The van der Waals surface area contributed by atoms with Gasteiger partial charge in [0, 0.05) is 25.0 Å². The van der Waals surface area contributed by atoms with E-state index in [4.69, 9.17) is 9.47 Å². The molecule has 1 aliphatic carbocycles. The number of hydrogen-bond acceptors (Lipinski definition) is 6. The predicted molar refractivity (Wildman–Crippen MR) is 140 cm³/mol. The molecule has 186 valence electrons. The minimum atomic E-state index is -0.0814. The molecule has 2 aromatic carbocycles. The van der Waals surface area contributed by atoms with Gasteiger partial charge in [0.15, 0.2) is 0 Å². The zero-order chi connectivity index (χ0) is 24.5. The van der Waals surface area contributed by atoms with Crippen molar-refractivity contribution >= 4 is 11.8 Å². The molecule has 0 bridgehead atoms. The second-order valence-electron chi connectivity index (χ2n) is 10.3.